The minimum Gasteiger partial charge on any atom is -0.481 e. The number of carboxylic acid groups (broad SMARTS) is 1. The fraction of sp³-hybridized carbons (Fsp3) is 0.393. The Hall–Kier alpha value is -3.54. The molecule has 0 radical (unpaired) electrons. The number of hydrogen-bond donors (Lipinski definition) is 3. The molecule has 1 aliphatic heterocycles. The van der Waals surface area contributed by atoms with E-state index in [1.807, 2.05) is 24.3 Å². The van der Waals surface area contributed by atoms with E-state index in [2.05, 4.69) is 15.3 Å². The number of sulfonamides is 1. The summed E-state index contributed by atoms with van der Waals surface area (Å²) in [6, 6.07) is 12.8. The van der Waals surface area contributed by atoms with Crippen molar-refractivity contribution in [2.24, 2.45) is 0 Å². The molecule has 2 aliphatic rings. The molecule has 1 aromatic carbocycles. The second-order valence-electron chi connectivity index (χ2n) is 10.1. The highest BCUT2D eigenvalue weighted by atomic mass is 32.2. The van der Waals surface area contributed by atoms with Crippen LogP contribution in [0.4, 0.5) is 5.69 Å². The molecule has 0 spiro atoms. The number of aliphatic carboxylic acids is 1. The van der Waals surface area contributed by atoms with E-state index >= 15 is 0 Å². The van der Waals surface area contributed by atoms with Crippen LogP contribution in [0.3, 0.4) is 0 Å². The number of H-pyrrole nitrogens is 1. The van der Waals surface area contributed by atoms with Crippen molar-refractivity contribution < 1.29 is 27.9 Å². The summed E-state index contributed by atoms with van der Waals surface area (Å²) in [5, 5.41) is 12.2. The average Bonchev–Trinajstić information content (AvgIpc) is 3.46. The Balaban J connectivity index is 1.25. The van der Waals surface area contributed by atoms with Crippen LogP contribution in [0.5, 0.6) is 0 Å². The van der Waals surface area contributed by atoms with Crippen LogP contribution < -0.4 is 5.32 Å². The first-order valence-electron chi connectivity index (χ1n) is 13.1. The molecule has 1 saturated heterocycles. The molecule has 3 N–H and O–H groups in total. The summed E-state index contributed by atoms with van der Waals surface area (Å²) in [6.45, 7) is 1.24. The second-order valence-corrected chi connectivity index (χ2v) is 12.1. The highest BCUT2D eigenvalue weighted by molar-refractivity contribution is 7.89. The molecular formula is C28H32N4O6S. The van der Waals surface area contributed by atoms with Gasteiger partial charge >= 0.3 is 5.97 Å². The zero-order valence-electron chi connectivity index (χ0n) is 21.6. The Kier molecular flexibility index (Phi) is 7.83. The van der Waals surface area contributed by atoms with E-state index in [9.17, 15) is 23.1 Å². The molecule has 0 unspecified atom stereocenters. The van der Waals surface area contributed by atoms with Crippen LogP contribution in [0.15, 0.2) is 59.8 Å². The Labute approximate surface area is 227 Å². The van der Waals surface area contributed by atoms with Gasteiger partial charge in [-0.2, -0.15) is 4.31 Å². The van der Waals surface area contributed by atoms with E-state index in [4.69, 9.17) is 4.74 Å². The second kappa shape index (κ2) is 11.3. The molecular weight excluding hydrogens is 520 g/mol. The number of ether oxygens (including phenoxy) is 1. The number of nitrogens with zero attached hydrogens (tertiary/aromatic N) is 2. The van der Waals surface area contributed by atoms with Crippen LogP contribution in [0.2, 0.25) is 0 Å². The Morgan fingerprint density at radius 3 is 2.41 bits per heavy atom. The Morgan fingerprint density at radius 1 is 1.05 bits per heavy atom. The maximum absolute atomic E-state index is 12.8. The fourth-order valence-electron chi connectivity index (χ4n) is 5.51. The fourth-order valence-corrected chi connectivity index (χ4v) is 6.91. The van der Waals surface area contributed by atoms with Crippen LogP contribution in [-0.2, 0) is 25.0 Å². The number of carbonyl (C=O) groups excluding carboxylic acids is 1. The van der Waals surface area contributed by atoms with Gasteiger partial charge in [0.15, 0.2) is 0 Å². The van der Waals surface area contributed by atoms with Gasteiger partial charge in [0.25, 0.3) is 5.91 Å². The van der Waals surface area contributed by atoms with Crippen molar-refractivity contribution in [1.82, 2.24) is 14.3 Å². The molecule has 11 heteroatoms. The van der Waals surface area contributed by atoms with Gasteiger partial charge in [-0.3, -0.25) is 14.6 Å². The summed E-state index contributed by atoms with van der Waals surface area (Å²) >= 11 is 0. The number of hydrogen-bond acceptors (Lipinski definition) is 6. The summed E-state index contributed by atoms with van der Waals surface area (Å²) in [5.74, 6) is -1.25. The third-order valence-electron chi connectivity index (χ3n) is 7.62. The predicted molar refractivity (Wildman–Crippen MR) is 145 cm³/mol. The van der Waals surface area contributed by atoms with Crippen molar-refractivity contribution in [3.05, 3.63) is 66.1 Å². The zero-order chi connectivity index (χ0) is 27.5. The van der Waals surface area contributed by atoms with Crippen LogP contribution >= 0.6 is 0 Å². The summed E-state index contributed by atoms with van der Waals surface area (Å²) in [7, 11) is -3.70. The van der Waals surface area contributed by atoms with Gasteiger partial charge < -0.3 is 20.1 Å². The van der Waals surface area contributed by atoms with Crippen LogP contribution in [0, 0.1) is 0 Å². The number of carbonyl (C=O) groups is 2. The minimum absolute atomic E-state index is 0.0323. The summed E-state index contributed by atoms with van der Waals surface area (Å²) < 4.78 is 32.2. The number of aromatic nitrogens is 2. The topological polar surface area (TPSA) is 142 Å². The standard InChI is InChI=1S/C28H32N4O6S/c33-26(34)17-28(10-2-1-3-11-28)21-6-4-20(5-7-21)24-9-8-22(18-29-24)31-27(35)25-16-23(19-30-25)39(36,37)32-12-14-38-15-13-32/h4-9,16,18-19,30H,1-3,10-15,17H2,(H,31,35)(H,33,34). The van der Waals surface area contributed by atoms with Crippen molar-refractivity contribution in [3.63, 3.8) is 0 Å². The van der Waals surface area contributed by atoms with E-state index in [-0.39, 0.29) is 35.5 Å². The molecule has 10 nitrogen and oxygen atoms in total. The molecule has 2 fully saturated rings. The first kappa shape index (κ1) is 27.0. The number of carboxylic acids is 1. The number of anilines is 1. The van der Waals surface area contributed by atoms with Gasteiger partial charge in [-0.1, -0.05) is 43.5 Å². The van der Waals surface area contributed by atoms with E-state index < -0.39 is 21.9 Å². The molecule has 0 bridgehead atoms. The van der Waals surface area contributed by atoms with Gasteiger partial charge in [0.2, 0.25) is 10.0 Å². The average molecular weight is 553 g/mol. The SMILES string of the molecule is O=C(O)CC1(c2ccc(-c3ccc(NC(=O)c4cc(S(=O)(=O)N5CCOCC5)c[nH]4)cn3)cc2)CCCCC1. The van der Waals surface area contributed by atoms with Gasteiger partial charge in [-0.05, 0) is 36.6 Å². The number of rotatable bonds is 8. The maximum Gasteiger partial charge on any atom is 0.304 e. The van der Waals surface area contributed by atoms with E-state index in [0.29, 0.717) is 24.6 Å². The lowest BCUT2D eigenvalue weighted by Gasteiger charge is -2.36. The summed E-state index contributed by atoms with van der Waals surface area (Å²) in [4.78, 5) is 31.6. The van der Waals surface area contributed by atoms with Crippen molar-refractivity contribution in [1.29, 1.82) is 0 Å². The van der Waals surface area contributed by atoms with Crippen LogP contribution in [0.1, 0.15) is 54.6 Å². The number of nitrogens with one attached hydrogen (secondary N) is 2. The van der Waals surface area contributed by atoms with Crippen molar-refractivity contribution in [3.8, 4) is 11.3 Å². The zero-order valence-corrected chi connectivity index (χ0v) is 22.4. The number of aromatic amines is 1. The maximum atomic E-state index is 12.8. The number of amides is 1. The third-order valence-corrected chi connectivity index (χ3v) is 9.50. The lowest BCUT2D eigenvalue weighted by atomic mass is 9.67. The van der Waals surface area contributed by atoms with E-state index in [0.717, 1.165) is 43.2 Å². The molecule has 3 heterocycles. The van der Waals surface area contributed by atoms with Crippen LogP contribution in [0.25, 0.3) is 11.3 Å². The molecule has 39 heavy (non-hydrogen) atoms. The first-order valence-corrected chi connectivity index (χ1v) is 14.6. The first-order chi connectivity index (χ1) is 18.8. The molecule has 0 atom stereocenters. The van der Waals surface area contributed by atoms with Crippen molar-refractivity contribution >= 4 is 27.6 Å². The molecule has 1 saturated carbocycles. The summed E-state index contributed by atoms with van der Waals surface area (Å²) in [5.41, 5.74) is 2.94. The monoisotopic (exact) mass is 552 g/mol. The Bertz CT molecular complexity index is 1420. The largest absolute Gasteiger partial charge is 0.481 e. The van der Waals surface area contributed by atoms with Crippen molar-refractivity contribution in [2.45, 2.75) is 48.8 Å². The Morgan fingerprint density at radius 2 is 1.77 bits per heavy atom. The highest BCUT2D eigenvalue weighted by Crippen LogP contribution is 2.42. The van der Waals surface area contributed by atoms with Gasteiger partial charge in [0, 0.05) is 30.3 Å². The predicted octanol–water partition coefficient (Wildman–Crippen LogP) is 4.03. The normalized spacial score (nSPS) is 17.9. The molecule has 206 valence electrons. The molecule has 1 aliphatic carbocycles. The van der Waals surface area contributed by atoms with E-state index in [1.54, 1.807) is 18.3 Å². The number of morpholine rings is 1. The van der Waals surface area contributed by atoms with Gasteiger partial charge in [0.1, 0.15) is 10.6 Å². The smallest absolute Gasteiger partial charge is 0.304 e. The van der Waals surface area contributed by atoms with Crippen LogP contribution in [-0.4, -0.2) is 66.0 Å². The number of pyridine rings is 1. The molecule has 5 rings (SSSR count). The quantitative estimate of drug-likeness (QED) is 0.383. The number of benzene rings is 1. The minimum atomic E-state index is -3.70. The van der Waals surface area contributed by atoms with Gasteiger partial charge in [-0.25, -0.2) is 8.42 Å². The molecule has 3 aromatic rings. The lowest BCUT2D eigenvalue weighted by Crippen LogP contribution is -2.40. The van der Waals surface area contributed by atoms with Crippen molar-refractivity contribution in [2.75, 3.05) is 31.6 Å². The lowest BCUT2D eigenvalue weighted by molar-refractivity contribution is -0.138. The summed E-state index contributed by atoms with van der Waals surface area (Å²) in [6.07, 6.45) is 7.99. The highest BCUT2D eigenvalue weighted by Gasteiger charge is 2.36. The van der Waals surface area contributed by atoms with Gasteiger partial charge in [-0.15, -0.1) is 0 Å². The van der Waals surface area contributed by atoms with Gasteiger partial charge in [0.05, 0.1) is 37.2 Å². The molecule has 1 amide bonds. The molecule has 2 aromatic heterocycles. The third kappa shape index (κ3) is 5.90. The van der Waals surface area contributed by atoms with E-state index in [1.165, 1.54) is 16.6 Å².